The van der Waals surface area contributed by atoms with Crippen LogP contribution in [0.1, 0.15) is 16.1 Å². The van der Waals surface area contributed by atoms with Crippen LogP contribution in [0.5, 0.6) is 5.75 Å². The van der Waals surface area contributed by atoms with E-state index in [1.807, 2.05) is 48.5 Å². The van der Waals surface area contributed by atoms with Crippen molar-refractivity contribution in [2.75, 3.05) is 27.9 Å². The van der Waals surface area contributed by atoms with Crippen molar-refractivity contribution in [3.05, 3.63) is 65.9 Å². The maximum atomic E-state index is 12.5. The summed E-state index contributed by atoms with van der Waals surface area (Å²) < 4.78 is 6.94. The Hall–Kier alpha value is -3.16. The maximum absolute atomic E-state index is 12.5. The van der Waals surface area contributed by atoms with E-state index in [4.69, 9.17) is 14.7 Å². The van der Waals surface area contributed by atoms with Crippen LogP contribution in [0.25, 0.3) is 16.9 Å². The first-order valence-electron chi connectivity index (χ1n) is 8.84. The Labute approximate surface area is 163 Å². The zero-order valence-corrected chi connectivity index (χ0v) is 16.1. The van der Waals surface area contributed by atoms with Crippen LogP contribution < -0.4 is 4.74 Å². The average Bonchev–Trinajstić information content (AvgIpc) is 3.19. The van der Waals surface area contributed by atoms with Gasteiger partial charge in [-0.1, -0.05) is 24.3 Å². The number of methoxy groups -OCH3 is 1. The topological polar surface area (TPSA) is 76.8 Å². The average molecular weight is 381 g/mol. The molecule has 146 valence electrons. The van der Waals surface area contributed by atoms with E-state index in [0.29, 0.717) is 6.42 Å². The van der Waals surface area contributed by atoms with Gasteiger partial charge in [0.05, 0.1) is 25.6 Å². The summed E-state index contributed by atoms with van der Waals surface area (Å²) >= 11 is 0. The second-order valence-electron chi connectivity index (χ2n) is 6.18. The Bertz CT molecular complexity index is 933. The summed E-state index contributed by atoms with van der Waals surface area (Å²) in [6.07, 6.45) is 0.598. The van der Waals surface area contributed by atoms with Crippen LogP contribution in [0, 0.1) is 0 Å². The number of amides is 1. The third-order valence-electron chi connectivity index (χ3n) is 4.46. The molecule has 0 unspecified atom stereocenters. The summed E-state index contributed by atoms with van der Waals surface area (Å²) in [6.45, 7) is 0.102. The number of ether oxygens (including phenoxy) is 1. The molecule has 0 spiro atoms. The number of hydrogen-bond donors (Lipinski definition) is 1. The lowest BCUT2D eigenvalue weighted by Gasteiger charge is -2.11. The van der Waals surface area contributed by atoms with Gasteiger partial charge in [0.1, 0.15) is 5.75 Å². The van der Waals surface area contributed by atoms with Crippen LogP contribution in [-0.4, -0.2) is 53.7 Å². The van der Waals surface area contributed by atoms with Crippen LogP contribution in [0.3, 0.4) is 0 Å². The molecule has 0 aliphatic heterocycles. The number of hydrogen-bond acceptors (Lipinski definition) is 5. The van der Waals surface area contributed by atoms with Crippen molar-refractivity contribution in [1.82, 2.24) is 14.8 Å². The minimum Gasteiger partial charge on any atom is -0.497 e. The number of nitrogens with zero attached hydrogens (tertiary/aromatic N) is 3. The Morgan fingerprint density at radius 3 is 2.36 bits per heavy atom. The number of rotatable bonds is 7. The smallest absolute Gasteiger partial charge is 0.297 e. The highest BCUT2D eigenvalue weighted by atomic mass is 16.7. The van der Waals surface area contributed by atoms with Crippen LogP contribution in [-0.2, 0) is 11.3 Å². The predicted octanol–water partition coefficient (Wildman–Crippen LogP) is 2.72. The van der Waals surface area contributed by atoms with E-state index < -0.39 is 0 Å². The van der Waals surface area contributed by atoms with Crippen LogP contribution in [0.4, 0.5) is 0 Å². The Balaban J connectivity index is 2.07. The van der Waals surface area contributed by atoms with Crippen molar-refractivity contribution in [1.29, 1.82) is 0 Å². The highest BCUT2D eigenvalue weighted by molar-refractivity contribution is 5.92. The van der Waals surface area contributed by atoms with Gasteiger partial charge in [0.25, 0.3) is 5.91 Å². The van der Waals surface area contributed by atoms with Crippen molar-refractivity contribution in [3.8, 4) is 22.7 Å². The lowest BCUT2D eigenvalue weighted by atomic mass is 10.1. The van der Waals surface area contributed by atoms with Crippen LogP contribution >= 0.6 is 0 Å². The first-order chi connectivity index (χ1) is 13.6. The lowest BCUT2D eigenvalue weighted by molar-refractivity contribution is -0.0760. The van der Waals surface area contributed by atoms with Gasteiger partial charge in [0, 0.05) is 19.2 Å². The fraction of sp³-hybridized carbons (Fsp3) is 0.238. The monoisotopic (exact) mass is 381 g/mol. The molecule has 0 saturated heterocycles. The van der Waals surface area contributed by atoms with Gasteiger partial charge in [-0.25, -0.2) is 9.75 Å². The normalized spacial score (nSPS) is 10.7. The molecule has 3 aromatic rings. The largest absolute Gasteiger partial charge is 0.497 e. The quantitative estimate of drug-likeness (QED) is 0.637. The number of aromatic nitrogens is 2. The lowest BCUT2D eigenvalue weighted by Crippen LogP contribution is -2.25. The molecule has 3 rings (SSSR count). The molecule has 0 aliphatic carbocycles. The summed E-state index contributed by atoms with van der Waals surface area (Å²) in [5, 5.41) is 14.7. The summed E-state index contributed by atoms with van der Waals surface area (Å²) in [5.41, 5.74) is 3.79. The summed E-state index contributed by atoms with van der Waals surface area (Å²) in [7, 11) is 4.58. The molecule has 0 radical (unpaired) electrons. The molecule has 2 aromatic carbocycles. The molecule has 28 heavy (non-hydrogen) atoms. The fourth-order valence-electron chi connectivity index (χ4n) is 2.83. The molecular formula is C21H23N3O4. The Kier molecular flexibility index (Phi) is 6.08. The second kappa shape index (κ2) is 8.69. The summed E-state index contributed by atoms with van der Waals surface area (Å²) in [5.74, 6) is 0.397. The SMILES string of the molecule is COc1ccc(-n2nc(C(=O)N(C)OC)cc2-c2ccc(CCO)cc2)cc1. The molecule has 0 fully saturated rings. The van der Waals surface area contributed by atoms with E-state index >= 15 is 0 Å². The van der Waals surface area contributed by atoms with Crippen molar-refractivity contribution in [2.24, 2.45) is 0 Å². The minimum atomic E-state index is -0.340. The fourth-order valence-corrected chi connectivity index (χ4v) is 2.83. The summed E-state index contributed by atoms with van der Waals surface area (Å²) in [4.78, 5) is 17.5. The molecule has 0 bridgehead atoms. The number of carbonyl (C=O) groups excluding carboxylic acids is 1. The van der Waals surface area contributed by atoms with Gasteiger partial charge in [0.2, 0.25) is 0 Å². The highest BCUT2D eigenvalue weighted by Crippen LogP contribution is 2.26. The van der Waals surface area contributed by atoms with Gasteiger partial charge in [-0.3, -0.25) is 9.63 Å². The molecule has 7 heteroatoms. The molecule has 0 atom stereocenters. The first-order valence-corrected chi connectivity index (χ1v) is 8.84. The van der Waals surface area contributed by atoms with E-state index in [2.05, 4.69) is 5.10 Å². The number of carbonyl (C=O) groups is 1. The number of hydroxylamine groups is 2. The molecule has 0 aliphatic rings. The molecule has 1 amide bonds. The van der Waals surface area contributed by atoms with E-state index in [0.717, 1.165) is 33.3 Å². The minimum absolute atomic E-state index is 0.102. The van der Waals surface area contributed by atoms with Gasteiger partial charge in [0.15, 0.2) is 5.69 Å². The van der Waals surface area contributed by atoms with Crippen LogP contribution in [0.15, 0.2) is 54.6 Å². The molecule has 1 heterocycles. The molecular weight excluding hydrogens is 358 g/mol. The van der Waals surface area contributed by atoms with Gasteiger partial charge in [-0.05, 0) is 42.3 Å². The number of aliphatic hydroxyl groups is 1. The van der Waals surface area contributed by atoms with Crippen molar-refractivity contribution in [3.63, 3.8) is 0 Å². The number of benzene rings is 2. The van der Waals surface area contributed by atoms with Crippen molar-refractivity contribution >= 4 is 5.91 Å². The van der Waals surface area contributed by atoms with Crippen LogP contribution in [0.2, 0.25) is 0 Å². The van der Waals surface area contributed by atoms with E-state index in [1.54, 1.807) is 17.9 Å². The molecule has 1 aromatic heterocycles. The molecule has 1 N–H and O–H groups in total. The molecule has 0 saturated carbocycles. The predicted molar refractivity (Wildman–Crippen MR) is 105 cm³/mol. The van der Waals surface area contributed by atoms with Gasteiger partial charge in [-0.2, -0.15) is 5.10 Å². The first kappa shape index (κ1) is 19.6. The maximum Gasteiger partial charge on any atom is 0.297 e. The van der Waals surface area contributed by atoms with Crippen molar-refractivity contribution < 1.29 is 19.5 Å². The molecule has 7 nitrogen and oxygen atoms in total. The third kappa shape index (κ3) is 4.05. The van der Waals surface area contributed by atoms with Gasteiger partial charge < -0.3 is 9.84 Å². The Morgan fingerprint density at radius 1 is 1.11 bits per heavy atom. The van der Waals surface area contributed by atoms with Crippen molar-refractivity contribution in [2.45, 2.75) is 6.42 Å². The second-order valence-corrected chi connectivity index (χ2v) is 6.18. The zero-order chi connectivity index (χ0) is 20.1. The summed E-state index contributed by atoms with van der Waals surface area (Å²) in [6, 6.07) is 17.0. The zero-order valence-electron chi connectivity index (χ0n) is 16.1. The number of aliphatic hydroxyl groups excluding tert-OH is 1. The standard InChI is InChI=1S/C21H23N3O4/c1-23(28-3)21(26)19-14-20(16-6-4-15(5-7-16)12-13-25)24(22-19)17-8-10-18(27-2)11-9-17/h4-11,14,25H,12-13H2,1-3H3. The van der Waals surface area contributed by atoms with E-state index in [9.17, 15) is 4.79 Å². The van der Waals surface area contributed by atoms with E-state index in [-0.39, 0.29) is 18.2 Å². The highest BCUT2D eigenvalue weighted by Gasteiger charge is 2.20. The van der Waals surface area contributed by atoms with E-state index in [1.165, 1.54) is 14.2 Å². The third-order valence-corrected chi connectivity index (χ3v) is 4.46. The van der Waals surface area contributed by atoms with Gasteiger partial charge in [-0.15, -0.1) is 0 Å². The Morgan fingerprint density at radius 2 is 1.79 bits per heavy atom. The van der Waals surface area contributed by atoms with Gasteiger partial charge >= 0.3 is 0 Å².